The third-order valence-electron chi connectivity index (χ3n) is 3.98. The van der Waals surface area contributed by atoms with Crippen LogP contribution in [0.2, 0.25) is 0 Å². The molecule has 0 unspecified atom stereocenters. The van der Waals surface area contributed by atoms with Gasteiger partial charge in [0.15, 0.2) is 5.82 Å². The molecule has 0 saturated heterocycles. The number of hydrogen-bond donors (Lipinski definition) is 1. The lowest BCUT2D eigenvalue weighted by molar-refractivity contribution is 0.102. The highest BCUT2D eigenvalue weighted by Crippen LogP contribution is 2.20. The number of anilines is 1. The van der Waals surface area contributed by atoms with Crippen LogP contribution in [0.1, 0.15) is 10.4 Å². The van der Waals surface area contributed by atoms with Gasteiger partial charge in [-0.15, -0.1) is 0 Å². The number of nitrogens with zero attached hydrogens (tertiary/aromatic N) is 2. The van der Waals surface area contributed by atoms with Crippen LogP contribution in [0.15, 0.2) is 85.2 Å². The zero-order valence-electron chi connectivity index (χ0n) is 13.4. The lowest BCUT2D eigenvalue weighted by Crippen LogP contribution is -2.12. The minimum atomic E-state index is -0.173. The summed E-state index contributed by atoms with van der Waals surface area (Å²) in [5, 5.41) is 4.82. The molecule has 0 fully saturated rings. The maximum atomic E-state index is 12.6. The average Bonchev–Trinajstić information content (AvgIpc) is 2.69. The molecule has 4 aromatic rings. The SMILES string of the molecule is O=C(Nc1cnc(-c2ccccc2)nc1)c1cccc2ccccc12. The summed E-state index contributed by atoms with van der Waals surface area (Å²) in [5.74, 6) is 0.455. The second-order valence-electron chi connectivity index (χ2n) is 5.64. The van der Waals surface area contributed by atoms with Crippen molar-refractivity contribution < 1.29 is 4.79 Å². The molecular formula is C21H15N3O. The van der Waals surface area contributed by atoms with Gasteiger partial charge in [0.2, 0.25) is 0 Å². The molecule has 0 radical (unpaired) electrons. The summed E-state index contributed by atoms with van der Waals surface area (Å²) in [4.78, 5) is 21.3. The summed E-state index contributed by atoms with van der Waals surface area (Å²) < 4.78 is 0. The Kier molecular flexibility index (Phi) is 3.92. The van der Waals surface area contributed by atoms with Crippen LogP contribution in [0.25, 0.3) is 22.2 Å². The van der Waals surface area contributed by atoms with E-state index in [4.69, 9.17) is 0 Å². The molecule has 1 N–H and O–H groups in total. The topological polar surface area (TPSA) is 54.9 Å². The van der Waals surface area contributed by atoms with E-state index in [2.05, 4.69) is 15.3 Å². The monoisotopic (exact) mass is 325 g/mol. The average molecular weight is 325 g/mol. The molecule has 120 valence electrons. The fourth-order valence-corrected chi connectivity index (χ4v) is 2.75. The molecule has 1 aromatic heterocycles. The van der Waals surface area contributed by atoms with Crippen molar-refractivity contribution in [3.8, 4) is 11.4 Å². The number of amides is 1. The fourth-order valence-electron chi connectivity index (χ4n) is 2.75. The Morgan fingerprint density at radius 2 is 1.44 bits per heavy atom. The van der Waals surface area contributed by atoms with Crippen LogP contribution in [0.4, 0.5) is 5.69 Å². The third-order valence-corrected chi connectivity index (χ3v) is 3.98. The number of hydrogen-bond acceptors (Lipinski definition) is 3. The molecule has 4 heteroatoms. The number of nitrogens with one attached hydrogen (secondary N) is 1. The Labute approximate surface area is 145 Å². The maximum absolute atomic E-state index is 12.6. The highest BCUT2D eigenvalue weighted by atomic mass is 16.1. The predicted molar refractivity (Wildman–Crippen MR) is 99.4 cm³/mol. The van der Waals surface area contributed by atoms with Crippen LogP contribution in [-0.2, 0) is 0 Å². The van der Waals surface area contributed by atoms with Crippen LogP contribution < -0.4 is 5.32 Å². The number of rotatable bonds is 3. The lowest BCUT2D eigenvalue weighted by Gasteiger charge is -2.08. The second kappa shape index (κ2) is 6.53. The molecule has 0 saturated carbocycles. The first-order valence-electron chi connectivity index (χ1n) is 7.98. The van der Waals surface area contributed by atoms with E-state index in [9.17, 15) is 4.79 Å². The minimum Gasteiger partial charge on any atom is -0.319 e. The normalized spacial score (nSPS) is 10.6. The highest BCUT2D eigenvalue weighted by molar-refractivity contribution is 6.12. The minimum absolute atomic E-state index is 0.173. The molecule has 4 nitrogen and oxygen atoms in total. The summed E-state index contributed by atoms with van der Waals surface area (Å²) in [5.41, 5.74) is 2.14. The number of fused-ring (bicyclic) bond motifs is 1. The molecule has 0 atom stereocenters. The van der Waals surface area contributed by atoms with E-state index in [-0.39, 0.29) is 5.91 Å². The van der Waals surface area contributed by atoms with Crippen LogP contribution in [-0.4, -0.2) is 15.9 Å². The van der Waals surface area contributed by atoms with Gasteiger partial charge in [0.05, 0.1) is 18.1 Å². The van der Waals surface area contributed by atoms with Gasteiger partial charge in [0.25, 0.3) is 5.91 Å². The van der Waals surface area contributed by atoms with E-state index in [0.29, 0.717) is 17.1 Å². The van der Waals surface area contributed by atoms with Gasteiger partial charge < -0.3 is 5.32 Å². The Balaban J connectivity index is 1.58. The van der Waals surface area contributed by atoms with Crippen molar-refractivity contribution >= 4 is 22.4 Å². The summed E-state index contributed by atoms with van der Waals surface area (Å²) >= 11 is 0. The first-order chi connectivity index (χ1) is 12.3. The first kappa shape index (κ1) is 15.0. The Morgan fingerprint density at radius 1 is 0.760 bits per heavy atom. The van der Waals surface area contributed by atoms with E-state index >= 15 is 0 Å². The van der Waals surface area contributed by atoms with Crippen molar-refractivity contribution in [3.63, 3.8) is 0 Å². The maximum Gasteiger partial charge on any atom is 0.256 e. The molecule has 25 heavy (non-hydrogen) atoms. The molecule has 0 aliphatic rings. The van der Waals surface area contributed by atoms with Crippen molar-refractivity contribution in [2.75, 3.05) is 5.32 Å². The van der Waals surface area contributed by atoms with Crippen molar-refractivity contribution in [2.24, 2.45) is 0 Å². The molecule has 4 rings (SSSR count). The number of carbonyl (C=O) groups is 1. The van der Waals surface area contributed by atoms with Crippen molar-refractivity contribution in [3.05, 3.63) is 90.8 Å². The van der Waals surface area contributed by atoms with E-state index in [0.717, 1.165) is 16.3 Å². The lowest BCUT2D eigenvalue weighted by atomic mass is 10.0. The van der Waals surface area contributed by atoms with Gasteiger partial charge in [-0.2, -0.15) is 0 Å². The van der Waals surface area contributed by atoms with E-state index in [1.165, 1.54) is 0 Å². The molecule has 1 amide bonds. The van der Waals surface area contributed by atoms with Crippen LogP contribution in [0, 0.1) is 0 Å². The molecule has 0 spiro atoms. The van der Waals surface area contributed by atoms with Gasteiger partial charge >= 0.3 is 0 Å². The molecular weight excluding hydrogens is 310 g/mol. The van der Waals surface area contributed by atoms with Crippen LogP contribution in [0.5, 0.6) is 0 Å². The molecule has 0 bridgehead atoms. The molecule has 0 aliphatic heterocycles. The molecule has 1 heterocycles. The van der Waals surface area contributed by atoms with Gasteiger partial charge in [-0.1, -0.05) is 66.7 Å². The Bertz CT molecular complexity index is 1020. The quantitative estimate of drug-likeness (QED) is 0.601. The fraction of sp³-hybridized carbons (Fsp3) is 0. The second-order valence-corrected chi connectivity index (χ2v) is 5.64. The van der Waals surface area contributed by atoms with E-state index < -0.39 is 0 Å². The third kappa shape index (κ3) is 3.10. The summed E-state index contributed by atoms with van der Waals surface area (Å²) in [7, 11) is 0. The van der Waals surface area contributed by atoms with Gasteiger partial charge in [-0.3, -0.25) is 4.79 Å². The summed E-state index contributed by atoms with van der Waals surface area (Å²) in [6.45, 7) is 0. The predicted octanol–water partition coefficient (Wildman–Crippen LogP) is 4.55. The van der Waals surface area contributed by atoms with Crippen molar-refractivity contribution in [2.45, 2.75) is 0 Å². The standard InChI is InChI=1S/C21H15N3O/c25-21(19-12-6-10-15-7-4-5-11-18(15)19)24-17-13-22-20(23-14-17)16-8-2-1-3-9-16/h1-14H,(H,24,25). The number of benzene rings is 3. The number of aromatic nitrogens is 2. The first-order valence-corrected chi connectivity index (χ1v) is 7.98. The van der Waals surface area contributed by atoms with Crippen LogP contribution in [0.3, 0.4) is 0 Å². The zero-order valence-corrected chi connectivity index (χ0v) is 13.4. The van der Waals surface area contributed by atoms with E-state index in [1.807, 2.05) is 72.8 Å². The van der Waals surface area contributed by atoms with Gasteiger partial charge in [-0.25, -0.2) is 9.97 Å². The number of carbonyl (C=O) groups excluding carboxylic acids is 1. The summed E-state index contributed by atoms with van der Waals surface area (Å²) in [6, 6.07) is 23.2. The summed E-state index contributed by atoms with van der Waals surface area (Å²) in [6.07, 6.45) is 3.25. The van der Waals surface area contributed by atoms with Crippen LogP contribution >= 0.6 is 0 Å². The van der Waals surface area contributed by atoms with Crippen molar-refractivity contribution in [1.29, 1.82) is 0 Å². The van der Waals surface area contributed by atoms with Gasteiger partial charge in [-0.05, 0) is 16.8 Å². The molecule has 0 aliphatic carbocycles. The largest absolute Gasteiger partial charge is 0.319 e. The van der Waals surface area contributed by atoms with Gasteiger partial charge in [0.1, 0.15) is 0 Å². The smallest absolute Gasteiger partial charge is 0.256 e. The van der Waals surface area contributed by atoms with Crippen molar-refractivity contribution in [1.82, 2.24) is 9.97 Å². The highest BCUT2D eigenvalue weighted by Gasteiger charge is 2.10. The zero-order chi connectivity index (χ0) is 17.1. The van der Waals surface area contributed by atoms with E-state index in [1.54, 1.807) is 12.4 Å². The van der Waals surface area contributed by atoms with Gasteiger partial charge in [0, 0.05) is 11.1 Å². The molecule has 3 aromatic carbocycles. The Hall–Kier alpha value is -3.53. The Morgan fingerprint density at radius 3 is 2.24 bits per heavy atom.